The summed E-state index contributed by atoms with van der Waals surface area (Å²) < 4.78 is 9.83. The third-order valence-electron chi connectivity index (χ3n) is 3.54. The third kappa shape index (κ3) is 3.70. The number of ether oxygens (including phenoxy) is 2. The molecular weight excluding hydrogens is 234 g/mol. The fraction of sp³-hybridized carbons (Fsp3) is 0.846. The minimum absolute atomic E-state index is 0.0945. The van der Waals surface area contributed by atoms with Crippen LogP contribution in [0.25, 0.3) is 0 Å². The van der Waals surface area contributed by atoms with E-state index in [0.717, 1.165) is 19.3 Å². The SMILES string of the molecule is CCC(C)[C@@H](CCCOC)C(=O)N1CCOC1=O. The first kappa shape index (κ1) is 15.0. The number of rotatable bonds is 7. The number of amides is 2. The van der Waals surface area contributed by atoms with Gasteiger partial charge in [-0.1, -0.05) is 20.3 Å². The predicted molar refractivity (Wildman–Crippen MR) is 67.1 cm³/mol. The number of methoxy groups -OCH3 is 1. The van der Waals surface area contributed by atoms with Crippen molar-refractivity contribution in [3.8, 4) is 0 Å². The van der Waals surface area contributed by atoms with Crippen molar-refractivity contribution in [2.45, 2.75) is 33.1 Å². The van der Waals surface area contributed by atoms with E-state index in [-0.39, 0.29) is 17.7 Å². The molecule has 104 valence electrons. The van der Waals surface area contributed by atoms with Gasteiger partial charge >= 0.3 is 6.09 Å². The molecule has 1 heterocycles. The first-order valence-corrected chi connectivity index (χ1v) is 6.58. The Bertz CT molecular complexity index is 293. The Balaban J connectivity index is 2.62. The van der Waals surface area contributed by atoms with Gasteiger partial charge in [0.1, 0.15) is 6.61 Å². The lowest BCUT2D eigenvalue weighted by atomic mass is 9.87. The summed E-state index contributed by atoms with van der Waals surface area (Å²) in [6.45, 7) is 5.45. The Kier molecular flexibility index (Phi) is 6.12. The van der Waals surface area contributed by atoms with E-state index in [1.54, 1.807) is 7.11 Å². The predicted octanol–water partition coefficient (Wildman–Crippen LogP) is 2.05. The topological polar surface area (TPSA) is 55.8 Å². The van der Waals surface area contributed by atoms with Gasteiger partial charge in [0.2, 0.25) is 5.91 Å². The lowest BCUT2D eigenvalue weighted by Crippen LogP contribution is -2.39. The number of imide groups is 1. The quantitative estimate of drug-likeness (QED) is 0.655. The van der Waals surface area contributed by atoms with Crippen molar-refractivity contribution < 1.29 is 19.1 Å². The molecule has 0 saturated carbocycles. The van der Waals surface area contributed by atoms with E-state index in [1.165, 1.54) is 4.90 Å². The molecule has 0 bridgehead atoms. The molecule has 1 aliphatic rings. The number of carbonyl (C=O) groups excluding carboxylic acids is 2. The van der Waals surface area contributed by atoms with Crippen LogP contribution in [0.4, 0.5) is 4.79 Å². The highest BCUT2D eigenvalue weighted by Gasteiger charge is 2.35. The molecule has 0 aromatic rings. The standard InChI is InChI=1S/C13H23NO4/c1-4-10(2)11(6-5-8-17-3)12(15)14-7-9-18-13(14)16/h10-11H,4-9H2,1-3H3/t10?,11-/m1/s1. The molecule has 0 spiro atoms. The average molecular weight is 257 g/mol. The van der Waals surface area contributed by atoms with Crippen LogP contribution in [-0.4, -0.2) is 43.8 Å². The van der Waals surface area contributed by atoms with Crippen molar-refractivity contribution in [1.82, 2.24) is 4.90 Å². The second-order valence-corrected chi connectivity index (χ2v) is 4.73. The van der Waals surface area contributed by atoms with Crippen LogP contribution in [0.5, 0.6) is 0 Å². The molecule has 0 aromatic heterocycles. The van der Waals surface area contributed by atoms with Crippen LogP contribution in [0.15, 0.2) is 0 Å². The van der Waals surface area contributed by atoms with Gasteiger partial charge in [-0.05, 0) is 18.8 Å². The molecule has 5 nitrogen and oxygen atoms in total. The van der Waals surface area contributed by atoms with Crippen LogP contribution in [-0.2, 0) is 14.3 Å². The van der Waals surface area contributed by atoms with E-state index in [0.29, 0.717) is 19.8 Å². The summed E-state index contributed by atoms with van der Waals surface area (Å²) in [5, 5.41) is 0. The second kappa shape index (κ2) is 7.36. The van der Waals surface area contributed by atoms with Crippen LogP contribution in [0.3, 0.4) is 0 Å². The summed E-state index contributed by atoms with van der Waals surface area (Å²) in [5.41, 5.74) is 0. The molecule has 1 fully saturated rings. The Morgan fingerprint density at radius 3 is 2.78 bits per heavy atom. The minimum Gasteiger partial charge on any atom is -0.447 e. The van der Waals surface area contributed by atoms with E-state index >= 15 is 0 Å². The highest BCUT2D eigenvalue weighted by Crippen LogP contribution is 2.24. The Morgan fingerprint density at radius 1 is 1.56 bits per heavy atom. The number of nitrogens with zero attached hydrogens (tertiary/aromatic N) is 1. The third-order valence-corrected chi connectivity index (χ3v) is 3.54. The first-order chi connectivity index (χ1) is 8.61. The number of hydrogen-bond donors (Lipinski definition) is 0. The van der Waals surface area contributed by atoms with Crippen molar-refractivity contribution in [3.05, 3.63) is 0 Å². The minimum atomic E-state index is -0.500. The second-order valence-electron chi connectivity index (χ2n) is 4.73. The van der Waals surface area contributed by atoms with Crippen molar-refractivity contribution >= 4 is 12.0 Å². The lowest BCUT2D eigenvalue weighted by Gasteiger charge is -2.24. The zero-order valence-corrected chi connectivity index (χ0v) is 11.5. The van der Waals surface area contributed by atoms with Crippen molar-refractivity contribution in [2.24, 2.45) is 11.8 Å². The molecule has 1 saturated heterocycles. The molecule has 18 heavy (non-hydrogen) atoms. The Hall–Kier alpha value is -1.10. The molecule has 0 aliphatic carbocycles. The summed E-state index contributed by atoms with van der Waals surface area (Å²) in [4.78, 5) is 25.0. The van der Waals surface area contributed by atoms with E-state index in [4.69, 9.17) is 9.47 Å². The summed E-state index contributed by atoms with van der Waals surface area (Å²) >= 11 is 0. The maximum atomic E-state index is 12.3. The van der Waals surface area contributed by atoms with Gasteiger partial charge < -0.3 is 9.47 Å². The maximum Gasteiger partial charge on any atom is 0.416 e. The molecule has 0 radical (unpaired) electrons. The van der Waals surface area contributed by atoms with Crippen LogP contribution in [0.1, 0.15) is 33.1 Å². The average Bonchev–Trinajstić information content (AvgIpc) is 2.79. The van der Waals surface area contributed by atoms with E-state index < -0.39 is 6.09 Å². The molecular formula is C13H23NO4. The largest absolute Gasteiger partial charge is 0.447 e. The summed E-state index contributed by atoms with van der Waals surface area (Å²) in [5.74, 6) is 0.0570. The van der Waals surface area contributed by atoms with Gasteiger partial charge in [-0.15, -0.1) is 0 Å². The maximum absolute atomic E-state index is 12.3. The summed E-state index contributed by atoms with van der Waals surface area (Å²) in [6.07, 6.45) is 2.01. The highest BCUT2D eigenvalue weighted by molar-refractivity contribution is 5.94. The molecule has 0 N–H and O–H groups in total. The van der Waals surface area contributed by atoms with E-state index in [9.17, 15) is 9.59 Å². The van der Waals surface area contributed by atoms with Gasteiger partial charge in [0.05, 0.1) is 6.54 Å². The normalized spacial score (nSPS) is 18.6. The van der Waals surface area contributed by atoms with Crippen molar-refractivity contribution in [3.63, 3.8) is 0 Å². The van der Waals surface area contributed by atoms with Gasteiger partial charge in [0, 0.05) is 19.6 Å². The van der Waals surface area contributed by atoms with Crippen LogP contribution >= 0.6 is 0 Å². The van der Waals surface area contributed by atoms with Gasteiger partial charge in [0.15, 0.2) is 0 Å². The molecule has 1 rings (SSSR count). The van der Waals surface area contributed by atoms with Gasteiger partial charge in [-0.2, -0.15) is 0 Å². The smallest absolute Gasteiger partial charge is 0.416 e. The number of hydrogen-bond acceptors (Lipinski definition) is 4. The first-order valence-electron chi connectivity index (χ1n) is 6.58. The Labute approximate surface area is 108 Å². The molecule has 1 unspecified atom stereocenters. The molecule has 2 amide bonds. The summed E-state index contributed by atoms with van der Waals surface area (Å²) in [7, 11) is 1.65. The van der Waals surface area contributed by atoms with Gasteiger partial charge in [-0.3, -0.25) is 4.79 Å². The number of carbonyl (C=O) groups is 2. The fourth-order valence-corrected chi connectivity index (χ4v) is 2.18. The zero-order chi connectivity index (χ0) is 13.5. The van der Waals surface area contributed by atoms with Crippen molar-refractivity contribution in [2.75, 3.05) is 26.9 Å². The van der Waals surface area contributed by atoms with E-state index in [1.807, 2.05) is 0 Å². The number of cyclic esters (lactones) is 1. The zero-order valence-electron chi connectivity index (χ0n) is 11.5. The molecule has 5 heteroatoms. The molecule has 1 aliphatic heterocycles. The van der Waals surface area contributed by atoms with Crippen LogP contribution in [0.2, 0.25) is 0 Å². The van der Waals surface area contributed by atoms with Crippen LogP contribution < -0.4 is 0 Å². The van der Waals surface area contributed by atoms with Crippen molar-refractivity contribution in [1.29, 1.82) is 0 Å². The Morgan fingerprint density at radius 2 is 2.28 bits per heavy atom. The monoisotopic (exact) mass is 257 g/mol. The molecule has 2 atom stereocenters. The highest BCUT2D eigenvalue weighted by atomic mass is 16.6. The molecule has 0 aromatic carbocycles. The lowest BCUT2D eigenvalue weighted by molar-refractivity contribution is -0.134. The van der Waals surface area contributed by atoms with Crippen LogP contribution in [0, 0.1) is 11.8 Å². The van der Waals surface area contributed by atoms with Gasteiger partial charge in [-0.25, -0.2) is 9.69 Å². The fourth-order valence-electron chi connectivity index (χ4n) is 2.18. The van der Waals surface area contributed by atoms with Gasteiger partial charge in [0.25, 0.3) is 0 Å². The van der Waals surface area contributed by atoms with E-state index in [2.05, 4.69) is 13.8 Å². The summed E-state index contributed by atoms with van der Waals surface area (Å²) in [6, 6.07) is 0.